The lowest BCUT2D eigenvalue weighted by molar-refractivity contribution is -0.304. The molecule has 0 spiro atoms. The number of benzene rings is 1. The Labute approximate surface area is 72.1 Å². The molecule has 1 aromatic rings. The first-order valence-electron chi connectivity index (χ1n) is 3.70. The van der Waals surface area contributed by atoms with Crippen LogP contribution in [0, 0.1) is 0 Å². The first-order chi connectivity index (χ1) is 5.72. The summed E-state index contributed by atoms with van der Waals surface area (Å²) in [6.07, 6.45) is 0.393. The van der Waals surface area contributed by atoms with Gasteiger partial charge in [-0.1, -0.05) is 12.1 Å². The normalized spacial score (nSPS) is 9.42. The Morgan fingerprint density at radius 2 is 2.00 bits per heavy atom. The second kappa shape index (κ2) is 3.81. The maximum absolute atomic E-state index is 10.6. The van der Waals surface area contributed by atoms with E-state index in [4.69, 9.17) is 4.74 Å². The number of allylic oxidation sites excluding steroid dienone is 1. The molecule has 0 fully saturated rings. The third-order valence-corrected chi connectivity index (χ3v) is 1.56. The molecule has 0 aliphatic carbocycles. The molecule has 0 heterocycles. The quantitative estimate of drug-likeness (QED) is 0.625. The van der Waals surface area contributed by atoms with Crippen molar-refractivity contribution in [2.24, 2.45) is 0 Å². The van der Waals surface area contributed by atoms with E-state index in [1.165, 1.54) is 0 Å². The second-order valence-corrected chi connectivity index (χ2v) is 2.56. The van der Waals surface area contributed by atoms with Gasteiger partial charge in [0.15, 0.2) is 0 Å². The van der Waals surface area contributed by atoms with Crippen LogP contribution in [-0.4, -0.2) is 7.11 Å². The summed E-state index contributed by atoms with van der Waals surface area (Å²) in [6, 6.07) is 7.39. The van der Waals surface area contributed by atoms with Gasteiger partial charge in [0.1, 0.15) is 5.75 Å². The van der Waals surface area contributed by atoms with Gasteiger partial charge in [0.05, 0.1) is 7.11 Å². The van der Waals surface area contributed by atoms with Gasteiger partial charge in [0, 0.05) is 0 Å². The summed E-state index contributed by atoms with van der Waals surface area (Å²) >= 11 is 0. The number of ether oxygens (including phenoxy) is 1. The molecule has 0 aromatic heterocycles. The third kappa shape index (κ3) is 2.31. The van der Waals surface area contributed by atoms with Crippen LogP contribution in [0.2, 0.25) is 0 Å². The number of hydrogen-bond acceptors (Lipinski definition) is 2. The number of methoxy groups -OCH3 is 1. The molecular formula is C10H11O2-. The van der Waals surface area contributed by atoms with Crippen LogP contribution in [0.15, 0.2) is 36.6 Å². The van der Waals surface area contributed by atoms with Crippen LogP contribution < -0.4 is 9.84 Å². The lowest BCUT2D eigenvalue weighted by Gasteiger charge is -2.08. The second-order valence-electron chi connectivity index (χ2n) is 2.56. The van der Waals surface area contributed by atoms with Crippen LogP contribution in [0.1, 0.15) is 5.56 Å². The summed E-state index contributed by atoms with van der Waals surface area (Å²) < 4.78 is 4.97. The van der Waals surface area contributed by atoms with Crippen molar-refractivity contribution < 1.29 is 9.84 Å². The largest absolute Gasteiger partial charge is 0.876 e. The molecule has 12 heavy (non-hydrogen) atoms. The highest BCUT2D eigenvalue weighted by Crippen LogP contribution is 2.12. The standard InChI is InChI=1S/C10H12O2/c1-8(11)7-9-3-5-10(12-2)6-4-9/h3-6,11H,1,7H2,2H3/p-1. The van der Waals surface area contributed by atoms with Crippen molar-refractivity contribution in [2.45, 2.75) is 6.42 Å². The van der Waals surface area contributed by atoms with Crippen molar-refractivity contribution in [2.75, 3.05) is 7.11 Å². The zero-order valence-electron chi connectivity index (χ0n) is 7.04. The van der Waals surface area contributed by atoms with E-state index in [2.05, 4.69) is 6.58 Å². The molecule has 1 aromatic carbocycles. The fourth-order valence-corrected chi connectivity index (χ4v) is 0.971. The summed E-state index contributed by atoms with van der Waals surface area (Å²) in [5, 5.41) is 10.6. The van der Waals surface area contributed by atoms with Gasteiger partial charge in [-0.25, -0.2) is 0 Å². The number of rotatable bonds is 3. The summed E-state index contributed by atoms with van der Waals surface area (Å²) in [7, 11) is 1.61. The van der Waals surface area contributed by atoms with Crippen LogP contribution in [0.3, 0.4) is 0 Å². The average Bonchev–Trinajstić information content (AvgIpc) is 2.05. The molecule has 0 radical (unpaired) electrons. The van der Waals surface area contributed by atoms with Gasteiger partial charge < -0.3 is 9.84 Å². The van der Waals surface area contributed by atoms with E-state index in [0.29, 0.717) is 6.42 Å². The van der Waals surface area contributed by atoms with Gasteiger partial charge in [-0.3, -0.25) is 0 Å². The highest BCUT2D eigenvalue weighted by atomic mass is 16.5. The topological polar surface area (TPSA) is 32.3 Å². The lowest BCUT2D eigenvalue weighted by atomic mass is 10.1. The van der Waals surface area contributed by atoms with Gasteiger partial charge in [0.25, 0.3) is 0 Å². The fraction of sp³-hybridized carbons (Fsp3) is 0.200. The molecular weight excluding hydrogens is 152 g/mol. The molecule has 2 nitrogen and oxygen atoms in total. The molecule has 2 heteroatoms. The van der Waals surface area contributed by atoms with Gasteiger partial charge in [-0.2, -0.15) is 0 Å². The van der Waals surface area contributed by atoms with E-state index in [1.54, 1.807) is 7.11 Å². The predicted molar refractivity (Wildman–Crippen MR) is 45.8 cm³/mol. The number of hydrogen-bond donors (Lipinski definition) is 0. The Balaban J connectivity index is 2.71. The summed E-state index contributed by atoms with van der Waals surface area (Å²) in [4.78, 5) is 0. The van der Waals surface area contributed by atoms with Gasteiger partial charge >= 0.3 is 0 Å². The van der Waals surface area contributed by atoms with Gasteiger partial charge in [-0.05, 0) is 24.1 Å². The predicted octanol–water partition coefficient (Wildman–Crippen LogP) is 1.11. The Kier molecular flexibility index (Phi) is 2.75. The molecule has 0 unspecified atom stereocenters. The van der Waals surface area contributed by atoms with Crippen molar-refractivity contribution in [3.05, 3.63) is 42.2 Å². The third-order valence-electron chi connectivity index (χ3n) is 1.56. The van der Waals surface area contributed by atoms with E-state index in [9.17, 15) is 5.11 Å². The molecule has 0 bridgehead atoms. The molecule has 0 amide bonds. The lowest BCUT2D eigenvalue weighted by Crippen LogP contribution is -2.04. The first-order valence-corrected chi connectivity index (χ1v) is 3.70. The zero-order valence-corrected chi connectivity index (χ0v) is 7.04. The van der Waals surface area contributed by atoms with E-state index >= 15 is 0 Å². The Morgan fingerprint density at radius 3 is 2.42 bits per heavy atom. The summed E-state index contributed by atoms with van der Waals surface area (Å²) in [5.74, 6) is 0.732. The van der Waals surface area contributed by atoms with Crippen LogP contribution >= 0.6 is 0 Å². The van der Waals surface area contributed by atoms with Crippen molar-refractivity contribution in [1.29, 1.82) is 0 Å². The average molecular weight is 163 g/mol. The van der Waals surface area contributed by atoms with E-state index in [-0.39, 0.29) is 5.76 Å². The Hall–Kier alpha value is -1.44. The minimum Gasteiger partial charge on any atom is -0.876 e. The van der Waals surface area contributed by atoms with Crippen molar-refractivity contribution >= 4 is 0 Å². The smallest absolute Gasteiger partial charge is 0.118 e. The summed E-state index contributed by atoms with van der Waals surface area (Å²) in [5.41, 5.74) is 0.968. The van der Waals surface area contributed by atoms with E-state index in [1.807, 2.05) is 24.3 Å². The Morgan fingerprint density at radius 1 is 1.42 bits per heavy atom. The Bertz CT molecular complexity index is 262. The zero-order chi connectivity index (χ0) is 8.97. The highest BCUT2D eigenvalue weighted by Gasteiger charge is 1.91. The maximum atomic E-state index is 10.6. The van der Waals surface area contributed by atoms with E-state index in [0.717, 1.165) is 11.3 Å². The molecule has 64 valence electrons. The van der Waals surface area contributed by atoms with Crippen LogP contribution in [-0.2, 0) is 6.42 Å². The van der Waals surface area contributed by atoms with Gasteiger partial charge in [-0.15, -0.1) is 12.3 Å². The van der Waals surface area contributed by atoms with E-state index < -0.39 is 0 Å². The summed E-state index contributed by atoms with van der Waals surface area (Å²) in [6.45, 7) is 3.31. The minimum absolute atomic E-state index is 0.0693. The van der Waals surface area contributed by atoms with Crippen molar-refractivity contribution in [3.8, 4) is 5.75 Å². The van der Waals surface area contributed by atoms with Crippen LogP contribution in [0.25, 0.3) is 0 Å². The molecule has 0 N–H and O–H groups in total. The fourth-order valence-electron chi connectivity index (χ4n) is 0.971. The highest BCUT2D eigenvalue weighted by molar-refractivity contribution is 5.28. The van der Waals surface area contributed by atoms with Crippen molar-refractivity contribution in [3.63, 3.8) is 0 Å². The molecule has 0 aliphatic heterocycles. The molecule has 0 saturated heterocycles. The van der Waals surface area contributed by atoms with Crippen molar-refractivity contribution in [1.82, 2.24) is 0 Å². The SMILES string of the molecule is C=C([O-])Cc1ccc(OC)cc1. The maximum Gasteiger partial charge on any atom is 0.118 e. The minimum atomic E-state index is -0.0693. The molecule has 0 atom stereocenters. The molecule has 0 saturated carbocycles. The monoisotopic (exact) mass is 163 g/mol. The van der Waals surface area contributed by atoms with Crippen LogP contribution in [0.5, 0.6) is 5.75 Å². The van der Waals surface area contributed by atoms with Crippen LogP contribution in [0.4, 0.5) is 0 Å². The molecule has 1 rings (SSSR count). The first kappa shape index (κ1) is 8.65. The molecule has 0 aliphatic rings. The van der Waals surface area contributed by atoms with Gasteiger partial charge in [0.2, 0.25) is 0 Å².